The van der Waals surface area contributed by atoms with Crippen LogP contribution in [0.25, 0.3) is 0 Å². The molecule has 1 aromatic rings. The molecule has 1 rings (SSSR count). The van der Waals surface area contributed by atoms with Crippen LogP contribution in [0.4, 0.5) is 10.1 Å². The number of nitriles is 1. The summed E-state index contributed by atoms with van der Waals surface area (Å²) in [4.78, 5) is 0. The first-order valence-electron chi connectivity index (χ1n) is 5.40. The highest BCUT2D eigenvalue weighted by molar-refractivity contribution is 5.47. The topological polar surface area (TPSA) is 35.8 Å². The van der Waals surface area contributed by atoms with Crippen LogP contribution in [-0.4, -0.2) is 5.54 Å². The number of rotatable bonds is 4. The van der Waals surface area contributed by atoms with Gasteiger partial charge in [0.2, 0.25) is 0 Å². The summed E-state index contributed by atoms with van der Waals surface area (Å²) in [7, 11) is 0. The van der Waals surface area contributed by atoms with Gasteiger partial charge in [0.15, 0.2) is 0 Å². The van der Waals surface area contributed by atoms with Gasteiger partial charge in [-0.2, -0.15) is 5.26 Å². The van der Waals surface area contributed by atoms with E-state index in [-0.39, 0.29) is 5.82 Å². The monoisotopic (exact) mass is 220 g/mol. The zero-order valence-electron chi connectivity index (χ0n) is 9.92. The third kappa shape index (κ3) is 3.54. The molecule has 0 saturated carbocycles. The van der Waals surface area contributed by atoms with Gasteiger partial charge in [0, 0.05) is 5.69 Å². The van der Waals surface area contributed by atoms with Crippen molar-refractivity contribution >= 4 is 5.69 Å². The number of nitrogens with zero attached hydrogens (tertiary/aromatic N) is 1. The average molecular weight is 220 g/mol. The second-order valence-electron chi connectivity index (χ2n) is 4.67. The van der Waals surface area contributed by atoms with Gasteiger partial charge < -0.3 is 5.32 Å². The molecule has 0 spiro atoms. The number of benzene rings is 1. The molecule has 0 heterocycles. The van der Waals surface area contributed by atoms with E-state index in [1.807, 2.05) is 6.92 Å². The average Bonchev–Trinajstić information content (AvgIpc) is 2.20. The van der Waals surface area contributed by atoms with E-state index in [0.29, 0.717) is 5.92 Å². The van der Waals surface area contributed by atoms with Gasteiger partial charge in [-0.25, -0.2) is 4.39 Å². The van der Waals surface area contributed by atoms with Crippen molar-refractivity contribution < 1.29 is 4.39 Å². The van der Waals surface area contributed by atoms with E-state index in [1.165, 1.54) is 12.1 Å². The highest BCUT2D eigenvalue weighted by atomic mass is 19.1. The number of nitrogens with one attached hydrogen (secondary N) is 1. The maximum atomic E-state index is 12.7. The molecule has 16 heavy (non-hydrogen) atoms. The van der Waals surface area contributed by atoms with E-state index >= 15 is 0 Å². The summed E-state index contributed by atoms with van der Waals surface area (Å²) in [5.74, 6) is 0.158. The van der Waals surface area contributed by atoms with Gasteiger partial charge in [-0.15, -0.1) is 0 Å². The lowest BCUT2D eigenvalue weighted by atomic mass is 9.92. The second kappa shape index (κ2) is 4.98. The van der Waals surface area contributed by atoms with Gasteiger partial charge in [-0.3, -0.25) is 0 Å². The fourth-order valence-corrected chi connectivity index (χ4v) is 1.79. The summed E-state index contributed by atoms with van der Waals surface area (Å²) in [6, 6.07) is 8.33. The summed E-state index contributed by atoms with van der Waals surface area (Å²) < 4.78 is 12.7. The standard InChI is InChI=1S/C13H17FN2/c1-10(2)8-13(3,9-15)16-12-6-4-11(14)5-7-12/h4-7,10,16H,8H2,1-3H3. The van der Waals surface area contributed by atoms with Crippen molar-refractivity contribution in [2.24, 2.45) is 5.92 Å². The van der Waals surface area contributed by atoms with Gasteiger partial charge in [0.25, 0.3) is 0 Å². The minimum absolute atomic E-state index is 0.270. The lowest BCUT2D eigenvalue weighted by Gasteiger charge is -2.26. The van der Waals surface area contributed by atoms with Gasteiger partial charge in [0.1, 0.15) is 11.4 Å². The van der Waals surface area contributed by atoms with Crippen LogP contribution in [0, 0.1) is 23.1 Å². The predicted octanol–water partition coefficient (Wildman–Crippen LogP) is 3.57. The minimum Gasteiger partial charge on any atom is -0.368 e. The van der Waals surface area contributed by atoms with E-state index in [4.69, 9.17) is 5.26 Å². The first kappa shape index (κ1) is 12.5. The number of hydrogen-bond donors (Lipinski definition) is 1. The fourth-order valence-electron chi connectivity index (χ4n) is 1.79. The van der Waals surface area contributed by atoms with E-state index in [2.05, 4.69) is 25.2 Å². The van der Waals surface area contributed by atoms with Gasteiger partial charge in [0.05, 0.1) is 6.07 Å². The lowest BCUT2D eigenvalue weighted by Crippen LogP contribution is -2.34. The van der Waals surface area contributed by atoms with E-state index < -0.39 is 5.54 Å². The second-order valence-corrected chi connectivity index (χ2v) is 4.67. The molecule has 0 aromatic heterocycles. The fraction of sp³-hybridized carbons (Fsp3) is 0.462. The molecule has 0 bridgehead atoms. The van der Waals surface area contributed by atoms with Crippen LogP contribution in [0.3, 0.4) is 0 Å². The summed E-state index contributed by atoms with van der Waals surface area (Å²) in [6.45, 7) is 6.00. The highest BCUT2D eigenvalue weighted by Crippen LogP contribution is 2.22. The molecule has 0 aliphatic rings. The third-order valence-corrected chi connectivity index (χ3v) is 2.33. The summed E-state index contributed by atoms with van der Waals surface area (Å²) in [6.07, 6.45) is 0.751. The molecule has 0 aliphatic carbocycles. The van der Waals surface area contributed by atoms with E-state index in [9.17, 15) is 4.39 Å². The maximum absolute atomic E-state index is 12.7. The van der Waals surface area contributed by atoms with Crippen LogP contribution >= 0.6 is 0 Å². The first-order valence-corrected chi connectivity index (χ1v) is 5.40. The van der Waals surface area contributed by atoms with E-state index in [0.717, 1.165) is 12.1 Å². The molecule has 0 amide bonds. The largest absolute Gasteiger partial charge is 0.368 e. The Morgan fingerprint density at radius 3 is 2.38 bits per heavy atom. The molecule has 0 radical (unpaired) electrons. The molecular formula is C13H17FN2. The molecule has 1 atom stereocenters. The van der Waals surface area contributed by atoms with Crippen LogP contribution in [0.15, 0.2) is 24.3 Å². The van der Waals surface area contributed by atoms with Crippen molar-refractivity contribution in [2.75, 3.05) is 5.32 Å². The first-order chi connectivity index (χ1) is 7.45. The molecular weight excluding hydrogens is 203 g/mol. The molecule has 86 valence electrons. The minimum atomic E-state index is -0.605. The zero-order valence-corrected chi connectivity index (χ0v) is 9.92. The number of hydrogen-bond acceptors (Lipinski definition) is 2. The van der Waals surface area contributed by atoms with Crippen molar-refractivity contribution in [3.05, 3.63) is 30.1 Å². The van der Waals surface area contributed by atoms with Gasteiger partial charge >= 0.3 is 0 Å². The van der Waals surface area contributed by atoms with Crippen molar-refractivity contribution in [2.45, 2.75) is 32.7 Å². The SMILES string of the molecule is CC(C)CC(C)(C#N)Nc1ccc(F)cc1. The van der Waals surface area contributed by atoms with Crippen LogP contribution in [-0.2, 0) is 0 Å². The number of halogens is 1. The Labute approximate surface area is 96.1 Å². The summed E-state index contributed by atoms with van der Waals surface area (Å²) in [5.41, 5.74) is 0.164. The van der Waals surface area contributed by atoms with Crippen LogP contribution in [0.2, 0.25) is 0 Å². The van der Waals surface area contributed by atoms with Crippen LogP contribution in [0.1, 0.15) is 27.2 Å². The van der Waals surface area contributed by atoms with Crippen molar-refractivity contribution in [3.8, 4) is 6.07 Å². The molecule has 1 N–H and O–H groups in total. The Morgan fingerprint density at radius 2 is 1.94 bits per heavy atom. The maximum Gasteiger partial charge on any atom is 0.123 e. The Balaban J connectivity index is 2.77. The number of anilines is 1. The summed E-state index contributed by atoms with van der Waals surface area (Å²) in [5, 5.41) is 12.3. The Morgan fingerprint density at radius 1 is 1.38 bits per heavy atom. The van der Waals surface area contributed by atoms with E-state index in [1.54, 1.807) is 12.1 Å². The molecule has 3 heteroatoms. The van der Waals surface area contributed by atoms with Crippen LogP contribution < -0.4 is 5.32 Å². The molecule has 1 aromatic carbocycles. The van der Waals surface area contributed by atoms with Crippen molar-refractivity contribution in [1.29, 1.82) is 5.26 Å². The highest BCUT2D eigenvalue weighted by Gasteiger charge is 2.24. The molecule has 1 unspecified atom stereocenters. The summed E-state index contributed by atoms with van der Waals surface area (Å²) >= 11 is 0. The predicted molar refractivity (Wildman–Crippen MR) is 63.5 cm³/mol. The molecule has 2 nitrogen and oxygen atoms in total. The molecule has 0 aliphatic heterocycles. The Hall–Kier alpha value is -1.56. The van der Waals surface area contributed by atoms with Crippen molar-refractivity contribution in [1.82, 2.24) is 0 Å². The normalized spacial score (nSPS) is 14.2. The van der Waals surface area contributed by atoms with Crippen LogP contribution in [0.5, 0.6) is 0 Å². The van der Waals surface area contributed by atoms with Gasteiger partial charge in [-0.05, 0) is 43.5 Å². The quantitative estimate of drug-likeness (QED) is 0.842. The molecule has 0 fully saturated rings. The Bertz CT molecular complexity index is 378. The smallest absolute Gasteiger partial charge is 0.123 e. The molecule has 0 saturated heterocycles. The van der Waals surface area contributed by atoms with Crippen molar-refractivity contribution in [3.63, 3.8) is 0 Å². The third-order valence-electron chi connectivity index (χ3n) is 2.33. The lowest BCUT2D eigenvalue weighted by molar-refractivity contribution is 0.474. The van der Waals surface area contributed by atoms with Gasteiger partial charge in [-0.1, -0.05) is 13.8 Å². The Kier molecular flexibility index (Phi) is 3.89. The zero-order chi connectivity index (χ0) is 12.2.